The summed E-state index contributed by atoms with van der Waals surface area (Å²) in [7, 11) is 0. The topological polar surface area (TPSA) is 15.3 Å². The Balaban J connectivity index is 2.32. The zero-order valence-electron chi connectivity index (χ0n) is 7.93. The van der Waals surface area contributed by atoms with Crippen molar-refractivity contribution >= 4 is 0 Å². The van der Waals surface area contributed by atoms with E-state index in [1.54, 1.807) is 0 Å². The zero-order chi connectivity index (χ0) is 8.27. The van der Waals surface area contributed by atoms with E-state index in [1.807, 2.05) is 0 Å². The molecular weight excluding hydrogens is 136 g/mol. The van der Waals surface area contributed by atoms with Crippen molar-refractivity contribution in [1.82, 2.24) is 10.2 Å². The Bertz CT molecular complexity index is 106. The first-order chi connectivity index (χ1) is 5.22. The van der Waals surface area contributed by atoms with E-state index in [-0.39, 0.29) is 0 Å². The third-order valence-corrected chi connectivity index (χ3v) is 2.69. The van der Waals surface area contributed by atoms with Gasteiger partial charge in [0.2, 0.25) is 0 Å². The molecule has 1 aliphatic heterocycles. The van der Waals surface area contributed by atoms with Crippen LogP contribution in [0.5, 0.6) is 0 Å². The van der Waals surface area contributed by atoms with Crippen molar-refractivity contribution in [3.63, 3.8) is 0 Å². The Morgan fingerprint density at radius 1 is 1.09 bits per heavy atom. The van der Waals surface area contributed by atoms with E-state index < -0.39 is 0 Å². The van der Waals surface area contributed by atoms with E-state index in [0.29, 0.717) is 0 Å². The highest BCUT2D eigenvalue weighted by Gasteiger charge is 2.18. The second kappa shape index (κ2) is 4.07. The van der Waals surface area contributed by atoms with Crippen molar-refractivity contribution in [2.24, 2.45) is 5.92 Å². The summed E-state index contributed by atoms with van der Waals surface area (Å²) in [5.74, 6) is 0.785. The first kappa shape index (κ1) is 9.01. The first-order valence-corrected chi connectivity index (χ1v) is 4.66. The van der Waals surface area contributed by atoms with Crippen LogP contribution < -0.4 is 5.32 Å². The fraction of sp³-hybridized carbons (Fsp3) is 1.00. The third-order valence-electron chi connectivity index (χ3n) is 2.69. The number of hydrogen-bond donors (Lipinski definition) is 1. The standard InChI is InChI=1S/C9H20N2/c1-8(2)9(3)11-6-4-10-5-7-11/h8-10H,4-7H2,1-3H3. The van der Waals surface area contributed by atoms with Gasteiger partial charge in [-0.25, -0.2) is 0 Å². The summed E-state index contributed by atoms with van der Waals surface area (Å²) in [5, 5.41) is 3.37. The molecule has 1 unspecified atom stereocenters. The maximum Gasteiger partial charge on any atom is 0.0110 e. The van der Waals surface area contributed by atoms with Gasteiger partial charge in [0.25, 0.3) is 0 Å². The summed E-state index contributed by atoms with van der Waals surface area (Å²) in [4.78, 5) is 2.57. The van der Waals surface area contributed by atoms with Crippen molar-refractivity contribution in [2.75, 3.05) is 26.2 Å². The minimum absolute atomic E-state index is 0.747. The minimum atomic E-state index is 0.747. The van der Waals surface area contributed by atoms with Crippen molar-refractivity contribution in [3.8, 4) is 0 Å². The fourth-order valence-corrected chi connectivity index (χ4v) is 1.51. The fourth-order valence-electron chi connectivity index (χ4n) is 1.51. The van der Waals surface area contributed by atoms with Crippen LogP contribution in [0.4, 0.5) is 0 Å². The van der Waals surface area contributed by atoms with Gasteiger partial charge in [0, 0.05) is 32.2 Å². The SMILES string of the molecule is CC(C)C(C)N1CCNCC1. The molecule has 0 aromatic carbocycles. The predicted molar refractivity (Wildman–Crippen MR) is 48.7 cm³/mol. The Morgan fingerprint density at radius 3 is 2.09 bits per heavy atom. The summed E-state index contributed by atoms with van der Waals surface area (Å²) in [5.41, 5.74) is 0. The molecule has 1 aliphatic rings. The maximum atomic E-state index is 3.37. The van der Waals surface area contributed by atoms with Crippen LogP contribution in [0.1, 0.15) is 20.8 Å². The van der Waals surface area contributed by atoms with Gasteiger partial charge >= 0.3 is 0 Å². The van der Waals surface area contributed by atoms with Gasteiger partial charge in [-0.1, -0.05) is 13.8 Å². The Labute approximate surface area is 70.0 Å². The lowest BCUT2D eigenvalue weighted by molar-refractivity contribution is 0.149. The molecule has 11 heavy (non-hydrogen) atoms. The van der Waals surface area contributed by atoms with Crippen molar-refractivity contribution in [2.45, 2.75) is 26.8 Å². The number of rotatable bonds is 2. The Hall–Kier alpha value is -0.0800. The van der Waals surface area contributed by atoms with Crippen LogP contribution in [0.15, 0.2) is 0 Å². The van der Waals surface area contributed by atoms with E-state index in [0.717, 1.165) is 25.0 Å². The molecule has 0 saturated carbocycles. The summed E-state index contributed by atoms with van der Waals surface area (Å²) in [6.07, 6.45) is 0. The van der Waals surface area contributed by atoms with Gasteiger partial charge in [-0.2, -0.15) is 0 Å². The highest BCUT2D eigenvalue weighted by Crippen LogP contribution is 2.09. The van der Waals surface area contributed by atoms with Crippen molar-refractivity contribution in [3.05, 3.63) is 0 Å². The van der Waals surface area contributed by atoms with Crippen LogP contribution >= 0.6 is 0 Å². The lowest BCUT2D eigenvalue weighted by Crippen LogP contribution is -2.48. The predicted octanol–water partition coefficient (Wildman–Crippen LogP) is 0.936. The molecule has 1 saturated heterocycles. The number of piperazine rings is 1. The third kappa shape index (κ3) is 2.46. The van der Waals surface area contributed by atoms with Crippen molar-refractivity contribution < 1.29 is 0 Å². The smallest absolute Gasteiger partial charge is 0.0110 e. The van der Waals surface area contributed by atoms with E-state index in [9.17, 15) is 0 Å². The molecule has 0 aliphatic carbocycles. The average Bonchev–Trinajstić information content (AvgIpc) is 2.05. The monoisotopic (exact) mass is 156 g/mol. The molecule has 0 amide bonds. The lowest BCUT2D eigenvalue weighted by Gasteiger charge is -2.34. The molecule has 0 aromatic rings. The van der Waals surface area contributed by atoms with Crippen LogP contribution in [0.2, 0.25) is 0 Å². The average molecular weight is 156 g/mol. The normalized spacial score (nSPS) is 24.0. The molecule has 1 N–H and O–H groups in total. The summed E-state index contributed by atoms with van der Waals surface area (Å²) in [6, 6.07) is 0.747. The minimum Gasteiger partial charge on any atom is -0.314 e. The molecule has 0 aromatic heterocycles. The van der Waals surface area contributed by atoms with E-state index in [1.165, 1.54) is 13.1 Å². The number of hydrogen-bond acceptors (Lipinski definition) is 2. The second-order valence-corrected chi connectivity index (χ2v) is 3.77. The molecule has 1 heterocycles. The van der Waals surface area contributed by atoms with Gasteiger partial charge in [0.15, 0.2) is 0 Å². The summed E-state index contributed by atoms with van der Waals surface area (Å²) in [6.45, 7) is 11.7. The van der Waals surface area contributed by atoms with Crippen LogP contribution in [-0.2, 0) is 0 Å². The highest BCUT2D eigenvalue weighted by atomic mass is 15.2. The molecule has 1 rings (SSSR count). The Morgan fingerprint density at radius 2 is 1.64 bits per heavy atom. The molecule has 2 heteroatoms. The molecule has 0 spiro atoms. The van der Waals surface area contributed by atoms with Gasteiger partial charge in [-0.3, -0.25) is 4.90 Å². The van der Waals surface area contributed by atoms with E-state index in [4.69, 9.17) is 0 Å². The van der Waals surface area contributed by atoms with Gasteiger partial charge in [0.05, 0.1) is 0 Å². The number of nitrogens with one attached hydrogen (secondary N) is 1. The van der Waals surface area contributed by atoms with Crippen LogP contribution in [-0.4, -0.2) is 37.1 Å². The van der Waals surface area contributed by atoms with Gasteiger partial charge < -0.3 is 5.32 Å². The summed E-state index contributed by atoms with van der Waals surface area (Å²) < 4.78 is 0. The molecule has 1 fully saturated rings. The number of nitrogens with zero attached hydrogens (tertiary/aromatic N) is 1. The van der Waals surface area contributed by atoms with Crippen LogP contribution in [0, 0.1) is 5.92 Å². The molecule has 1 atom stereocenters. The quantitative estimate of drug-likeness (QED) is 0.640. The molecule has 0 radical (unpaired) electrons. The van der Waals surface area contributed by atoms with Gasteiger partial charge in [-0.15, -0.1) is 0 Å². The first-order valence-electron chi connectivity index (χ1n) is 4.66. The zero-order valence-corrected chi connectivity index (χ0v) is 7.93. The second-order valence-electron chi connectivity index (χ2n) is 3.77. The lowest BCUT2D eigenvalue weighted by atomic mass is 10.0. The Kier molecular flexibility index (Phi) is 3.34. The van der Waals surface area contributed by atoms with E-state index >= 15 is 0 Å². The van der Waals surface area contributed by atoms with Gasteiger partial charge in [0.1, 0.15) is 0 Å². The van der Waals surface area contributed by atoms with E-state index in [2.05, 4.69) is 31.0 Å². The van der Waals surface area contributed by atoms with Gasteiger partial charge in [-0.05, 0) is 12.8 Å². The molecule has 2 nitrogen and oxygen atoms in total. The maximum absolute atomic E-state index is 3.37. The highest BCUT2D eigenvalue weighted by molar-refractivity contribution is 4.75. The van der Waals surface area contributed by atoms with Crippen LogP contribution in [0.25, 0.3) is 0 Å². The molecule has 66 valence electrons. The summed E-state index contributed by atoms with van der Waals surface area (Å²) >= 11 is 0. The van der Waals surface area contributed by atoms with Crippen LogP contribution in [0.3, 0.4) is 0 Å². The molecule has 0 bridgehead atoms. The molecular formula is C9H20N2. The van der Waals surface area contributed by atoms with Crippen molar-refractivity contribution in [1.29, 1.82) is 0 Å². The largest absolute Gasteiger partial charge is 0.314 e.